The molecule has 0 atom stereocenters. The fraction of sp³-hybridized carbons (Fsp3) is 0.130. The average molecular weight is 400 g/mol. The second-order valence-corrected chi connectivity index (χ2v) is 6.64. The molecule has 0 aliphatic carbocycles. The first-order valence-electron chi connectivity index (χ1n) is 9.34. The lowest BCUT2D eigenvalue weighted by molar-refractivity contribution is 0.0594. The number of rotatable bonds is 5. The van der Waals surface area contributed by atoms with Crippen molar-refractivity contribution in [1.82, 2.24) is 15.0 Å². The molecule has 2 heterocycles. The Morgan fingerprint density at radius 1 is 0.933 bits per heavy atom. The van der Waals surface area contributed by atoms with Gasteiger partial charge in [-0.2, -0.15) is 0 Å². The number of fused-ring (bicyclic) bond motifs is 1. The van der Waals surface area contributed by atoms with E-state index in [9.17, 15) is 4.79 Å². The number of esters is 1. The lowest BCUT2D eigenvalue weighted by Crippen LogP contribution is -2.12. The SMILES string of the molecule is COC(=O)c1ccc(Oc2ccc(N(C)c3nc(C)nc4ccccc34)cc2)cn1. The summed E-state index contributed by atoms with van der Waals surface area (Å²) in [6, 6.07) is 18.8. The molecule has 2 aromatic heterocycles. The quantitative estimate of drug-likeness (QED) is 0.450. The molecule has 0 amide bonds. The minimum Gasteiger partial charge on any atom is -0.464 e. The van der Waals surface area contributed by atoms with Crippen molar-refractivity contribution < 1.29 is 14.3 Å². The molecule has 2 aromatic carbocycles. The van der Waals surface area contributed by atoms with Crippen LogP contribution in [0.15, 0.2) is 66.9 Å². The molecule has 0 aliphatic rings. The van der Waals surface area contributed by atoms with Gasteiger partial charge in [-0.15, -0.1) is 0 Å². The zero-order valence-corrected chi connectivity index (χ0v) is 16.9. The number of para-hydroxylation sites is 1. The number of methoxy groups -OCH3 is 1. The van der Waals surface area contributed by atoms with Crippen LogP contribution in [0, 0.1) is 6.92 Å². The van der Waals surface area contributed by atoms with Crippen molar-refractivity contribution in [3.05, 3.63) is 78.4 Å². The first-order chi connectivity index (χ1) is 14.5. The van der Waals surface area contributed by atoms with Crippen LogP contribution in [0.2, 0.25) is 0 Å². The molecule has 0 saturated carbocycles. The highest BCUT2D eigenvalue weighted by molar-refractivity contribution is 5.91. The van der Waals surface area contributed by atoms with Gasteiger partial charge in [0.05, 0.1) is 18.8 Å². The molecular formula is C23H20N4O3. The number of pyridine rings is 1. The minimum absolute atomic E-state index is 0.231. The zero-order valence-electron chi connectivity index (χ0n) is 16.9. The number of aromatic nitrogens is 3. The van der Waals surface area contributed by atoms with Gasteiger partial charge in [-0.05, 0) is 55.5 Å². The molecule has 0 fully saturated rings. The van der Waals surface area contributed by atoms with E-state index >= 15 is 0 Å². The van der Waals surface area contributed by atoms with Crippen LogP contribution in [-0.4, -0.2) is 35.1 Å². The van der Waals surface area contributed by atoms with Crippen molar-refractivity contribution in [2.24, 2.45) is 0 Å². The Labute approximate surface area is 173 Å². The molecule has 0 N–H and O–H groups in total. The van der Waals surface area contributed by atoms with Gasteiger partial charge in [0.1, 0.15) is 28.8 Å². The molecule has 0 spiro atoms. The van der Waals surface area contributed by atoms with E-state index in [1.54, 1.807) is 12.1 Å². The second kappa shape index (κ2) is 8.16. The number of hydrogen-bond donors (Lipinski definition) is 0. The number of hydrogen-bond acceptors (Lipinski definition) is 7. The standard InChI is InChI=1S/C23H20N4O3/c1-15-25-20-7-5-4-6-19(20)22(26-15)27(2)16-8-10-17(11-9-16)30-18-12-13-21(24-14-18)23(28)29-3/h4-14H,1-3H3. The Kier molecular flexibility index (Phi) is 5.26. The first kappa shape index (κ1) is 19.3. The summed E-state index contributed by atoms with van der Waals surface area (Å²) in [7, 11) is 3.29. The van der Waals surface area contributed by atoms with Crippen LogP contribution >= 0.6 is 0 Å². The monoisotopic (exact) mass is 400 g/mol. The summed E-state index contributed by atoms with van der Waals surface area (Å²) in [5.74, 6) is 2.26. The minimum atomic E-state index is -0.485. The van der Waals surface area contributed by atoms with Crippen molar-refractivity contribution in [3.8, 4) is 11.5 Å². The van der Waals surface area contributed by atoms with Crippen molar-refractivity contribution in [2.45, 2.75) is 6.92 Å². The number of benzene rings is 2. The number of nitrogens with zero attached hydrogens (tertiary/aromatic N) is 4. The molecule has 0 aliphatic heterocycles. The summed E-state index contributed by atoms with van der Waals surface area (Å²) in [6.07, 6.45) is 1.49. The van der Waals surface area contributed by atoms with E-state index in [1.165, 1.54) is 13.3 Å². The van der Waals surface area contributed by atoms with E-state index in [4.69, 9.17) is 4.74 Å². The molecule has 30 heavy (non-hydrogen) atoms. The van der Waals surface area contributed by atoms with Gasteiger partial charge in [0.25, 0.3) is 0 Å². The Bertz CT molecular complexity index is 1190. The highest BCUT2D eigenvalue weighted by Crippen LogP contribution is 2.30. The van der Waals surface area contributed by atoms with E-state index in [-0.39, 0.29) is 5.69 Å². The molecule has 4 rings (SSSR count). The van der Waals surface area contributed by atoms with Gasteiger partial charge in [0.2, 0.25) is 0 Å². The average Bonchev–Trinajstić information content (AvgIpc) is 2.78. The fourth-order valence-corrected chi connectivity index (χ4v) is 3.09. The van der Waals surface area contributed by atoms with E-state index in [2.05, 4.69) is 19.7 Å². The van der Waals surface area contributed by atoms with Crippen LogP contribution in [0.5, 0.6) is 11.5 Å². The molecular weight excluding hydrogens is 380 g/mol. The number of carbonyl (C=O) groups excluding carboxylic acids is 1. The third-order valence-corrected chi connectivity index (χ3v) is 4.60. The van der Waals surface area contributed by atoms with Gasteiger partial charge in [-0.25, -0.2) is 19.7 Å². The Hall–Kier alpha value is -4.00. The van der Waals surface area contributed by atoms with Crippen molar-refractivity contribution in [1.29, 1.82) is 0 Å². The predicted octanol–water partition coefficient (Wildman–Crippen LogP) is 4.68. The summed E-state index contributed by atoms with van der Waals surface area (Å²) in [5.41, 5.74) is 2.11. The van der Waals surface area contributed by atoms with Crippen molar-refractivity contribution >= 4 is 28.4 Å². The Morgan fingerprint density at radius 2 is 1.67 bits per heavy atom. The predicted molar refractivity (Wildman–Crippen MR) is 114 cm³/mol. The second-order valence-electron chi connectivity index (χ2n) is 6.64. The van der Waals surface area contributed by atoms with Crippen LogP contribution in [0.25, 0.3) is 10.9 Å². The molecule has 0 bridgehead atoms. The van der Waals surface area contributed by atoms with Gasteiger partial charge < -0.3 is 14.4 Å². The van der Waals surface area contributed by atoms with E-state index < -0.39 is 5.97 Å². The Morgan fingerprint density at radius 3 is 2.37 bits per heavy atom. The number of carbonyl (C=O) groups is 1. The lowest BCUT2D eigenvalue weighted by Gasteiger charge is -2.20. The highest BCUT2D eigenvalue weighted by Gasteiger charge is 2.12. The first-order valence-corrected chi connectivity index (χ1v) is 9.34. The lowest BCUT2D eigenvalue weighted by atomic mass is 10.2. The largest absolute Gasteiger partial charge is 0.464 e. The maximum absolute atomic E-state index is 11.5. The maximum atomic E-state index is 11.5. The van der Waals surface area contributed by atoms with Gasteiger partial charge in [0, 0.05) is 18.1 Å². The molecule has 7 nitrogen and oxygen atoms in total. The van der Waals surface area contributed by atoms with Gasteiger partial charge >= 0.3 is 5.97 Å². The molecule has 0 radical (unpaired) electrons. The topological polar surface area (TPSA) is 77.4 Å². The van der Waals surface area contributed by atoms with Gasteiger partial charge in [-0.1, -0.05) is 12.1 Å². The van der Waals surface area contributed by atoms with Crippen LogP contribution in [0.4, 0.5) is 11.5 Å². The van der Waals surface area contributed by atoms with E-state index in [0.717, 1.165) is 28.2 Å². The third-order valence-electron chi connectivity index (χ3n) is 4.60. The van der Waals surface area contributed by atoms with Crippen molar-refractivity contribution in [2.75, 3.05) is 19.1 Å². The van der Waals surface area contributed by atoms with Crippen LogP contribution in [0.3, 0.4) is 0 Å². The number of anilines is 2. The van der Waals surface area contributed by atoms with E-state index in [0.29, 0.717) is 11.5 Å². The molecule has 7 heteroatoms. The van der Waals surface area contributed by atoms with Gasteiger partial charge in [0.15, 0.2) is 0 Å². The van der Waals surface area contributed by atoms with Crippen LogP contribution < -0.4 is 9.64 Å². The van der Waals surface area contributed by atoms with E-state index in [1.807, 2.05) is 67.4 Å². The summed E-state index contributed by atoms with van der Waals surface area (Å²) in [6.45, 7) is 1.89. The van der Waals surface area contributed by atoms with Crippen molar-refractivity contribution in [3.63, 3.8) is 0 Å². The molecule has 0 saturated heterocycles. The summed E-state index contributed by atoms with van der Waals surface area (Å²) < 4.78 is 10.5. The normalized spacial score (nSPS) is 10.6. The summed E-state index contributed by atoms with van der Waals surface area (Å²) >= 11 is 0. The number of aryl methyl sites for hydroxylation is 1. The highest BCUT2D eigenvalue weighted by atomic mass is 16.5. The molecule has 150 valence electrons. The smallest absolute Gasteiger partial charge is 0.356 e. The van der Waals surface area contributed by atoms with Gasteiger partial charge in [-0.3, -0.25) is 0 Å². The third kappa shape index (κ3) is 3.91. The molecule has 4 aromatic rings. The Balaban J connectivity index is 1.54. The fourth-order valence-electron chi connectivity index (χ4n) is 3.09. The van der Waals surface area contributed by atoms with Crippen LogP contribution in [-0.2, 0) is 4.74 Å². The maximum Gasteiger partial charge on any atom is 0.356 e. The zero-order chi connectivity index (χ0) is 21.1. The number of ether oxygens (including phenoxy) is 2. The summed E-state index contributed by atoms with van der Waals surface area (Å²) in [5, 5.41) is 0.989. The van der Waals surface area contributed by atoms with Crippen LogP contribution in [0.1, 0.15) is 16.3 Å². The molecule has 0 unspecified atom stereocenters. The summed E-state index contributed by atoms with van der Waals surface area (Å²) in [4.78, 5) is 26.7.